The molecule has 4 nitrogen and oxygen atoms in total. The lowest BCUT2D eigenvalue weighted by Gasteiger charge is -1.99. The fraction of sp³-hybridized carbons (Fsp3) is 0.500. The van der Waals surface area contributed by atoms with Gasteiger partial charge in [-0.1, -0.05) is 6.92 Å². The van der Waals surface area contributed by atoms with Gasteiger partial charge in [-0.25, -0.2) is 9.97 Å². The van der Waals surface area contributed by atoms with E-state index in [1.54, 1.807) is 11.3 Å². The van der Waals surface area contributed by atoms with E-state index in [2.05, 4.69) is 26.6 Å². The summed E-state index contributed by atoms with van der Waals surface area (Å²) >= 11 is 3.10. The molecule has 0 spiro atoms. The Hall–Kier alpha value is -1.01. The summed E-state index contributed by atoms with van der Waals surface area (Å²) in [5.74, 6) is 0.941. The second-order valence-electron chi connectivity index (χ2n) is 3.48. The quantitative estimate of drug-likeness (QED) is 0.891. The maximum Gasteiger partial charge on any atom is 0.202 e. The Bertz CT molecular complexity index is 449. The van der Waals surface area contributed by atoms with Crippen LogP contribution in [-0.4, -0.2) is 14.3 Å². The summed E-state index contributed by atoms with van der Waals surface area (Å²) in [5.41, 5.74) is 2.96. The third-order valence-electron chi connectivity index (χ3n) is 2.19. The van der Waals surface area contributed by atoms with Crippen molar-refractivity contribution >= 4 is 28.0 Å². The van der Waals surface area contributed by atoms with Gasteiger partial charge in [-0.05, 0) is 13.3 Å². The first kappa shape index (κ1) is 11.5. The van der Waals surface area contributed by atoms with Crippen molar-refractivity contribution in [1.29, 1.82) is 0 Å². The van der Waals surface area contributed by atoms with Crippen molar-refractivity contribution in [2.75, 3.05) is 5.32 Å². The molecule has 0 aliphatic carbocycles. The second-order valence-corrected chi connectivity index (χ2v) is 5.17. The Labute approximate surface area is 103 Å². The van der Waals surface area contributed by atoms with Gasteiger partial charge in [0, 0.05) is 22.8 Å². The SMILES string of the molecule is CCCc1nsc(NCc2scnc2C)n1. The summed E-state index contributed by atoms with van der Waals surface area (Å²) in [6.07, 6.45) is 2.04. The van der Waals surface area contributed by atoms with Crippen LogP contribution in [0.25, 0.3) is 0 Å². The van der Waals surface area contributed by atoms with Gasteiger partial charge in [0.1, 0.15) is 5.82 Å². The zero-order chi connectivity index (χ0) is 11.4. The van der Waals surface area contributed by atoms with Gasteiger partial charge in [0.15, 0.2) is 0 Å². The molecule has 0 bridgehead atoms. The number of aromatic nitrogens is 3. The molecule has 0 amide bonds. The first-order chi connectivity index (χ1) is 7.79. The van der Waals surface area contributed by atoms with Gasteiger partial charge in [0.2, 0.25) is 5.13 Å². The molecule has 0 fully saturated rings. The van der Waals surface area contributed by atoms with Gasteiger partial charge >= 0.3 is 0 Å². The molecule has 1 N–H and O–H groups in total. The number of rotatable bonds is 5. The first-order valence-corrected chi connectivity index (χ1v) is 6.90. The van der Waals surface area contributed by atoms with E-state index in [0.29, 0.717) is 0 Å². The third kappa shape index (κ3) is 2.76. The smallest absolute Gasteiger partial charge is 0.202 e. The van der Waals surface area contributed by atoms with E-state index in [9.17, 15) is 0 Å². The van der Waals surface area contributed by atoms with Gasteiger partial charge in [0.25, 0.3) is 0 Å². The van der Waals surface area contributed by atoms with Gasteiger partial charge in [0.05, 0.1) is 17.7 Å². The van der Waals surface area contributed by atoms with E-state index in [1.807, 2.05) is 12.4 Å². The Kier molecular flexibility index (Phi) is 3.84. The number of hydrogen-bond donors (Lipinski definition) is 1. The number of nitrogens with one attached hydrogen (secondary N) is 1. The average molecular weight is 254 g/mol. The summed E-state index contributed by atoms with van der Waals surface area (Å²) in [4.78, 5) is 9.88. The van der Waals surface area contributed by atoms with Crippen LogP contribution < -0.4 is 5.32 Å². The number of anilines is 1. The summed E-state index contributed by atoms with van der Waals surface area (Å²) < 4.78 is 4.28. The van der Waals surface area contributed by atoms with E-state index in [0.717, 1.165) is 36.0 Å². The Morgan fingerprint density at radius 2 is 2.31 bits per heavy atom. The highest BCUT2D eigenvalue weighted by Crippen LogP contribution is 2.17. The summed E-state index contributed by atoms with van der Waals surface area (Å²) in [5, 5.41) is 4.18. The van der Waals surface area contributed by atoms with E-state index in [4.69, 9.17) is 0 Å². The number of aryl methyl sites for hydroxylation is 2. The third-order valence-corrected chi connectivity index (χ3v) is 3.83. The topological polar surface area (TPSA) is 50.7 Å². The molecule has 0 atom stereocenters. The van der Waals surface area contributed by atoms with Gasteiger partial charge in [-0.2, -0.15) is 4.37 Å². The highest BCUT2D eigenvalue weighted by Gasteiger charge is 2.05. The predicted octanol–water partition coefficient (Wildman–Crippen LogP) is 2.87. The molecule has 86 valence electrons. The first-order valence-electron chi connectivity index (χ1n) is 5.25. The molecule has 0 aliphatic heterocycles. The minimum Gasteiger partial charge on any atom is -0.355 e. The molecule has 2 aromatic rings. The lowest BCUT2D eigenvalue weighted by molar-refractivity contribution is 0.861. The molecule has 0 radical (unpaired) electrons. The second kappa shape index (κ2) is 5.36. The largest absolute Gasteiger partial charge is 0.355 e. The molecule has 6 heteroatoms. The maximum atomic E-state index is 4.41. The van der Waals surface area contributed by atoms with Crippen molar-refractivity contribution in [3.05, 3.63) is 21.9 Å². The Balaban J connectivity index is 1.92. The summed E-state index contributed by atoms with van der Waals surface area (Å²) in [6, 6.07) is 0. The minimum absolute atomic E-state index is 0.789. The van der Waals surface area contributed by atoms with Crippen LogP contribution in [0.15, 0.2) is 5.51 Å². The lowest BCUT2D eigenvalue weighted by Crippen LogP contribution is -1.98. The Morgan fingerprint density at radius 1 is 1.44 bits per heavy atom. The van der Waals surface area contributed by atoms with Crippen molar-refractivity contribution in [3.63, 3.8) is 0 Å². The van der Waals surface area contributed by atoms with Gasteiger partial charge < -0.3 is 5.32 Å². The van der Waals surface area contributed by atoms with Crippen LogP contribution in [0, 0.1) is 6.92 Å². The van der Waals surface area contributed by atoms with E-state index >= 15 is 0 Å². The zero-order valence-corrected chi connectivity index (χ0v) is 11.0. The lowest BCUT2D eigenvalue weighted by atomic mass is 10.3. The van der Waals surface area contributed by atoms with Gasteiger partial charge in [-0.3, -0.25) is 0 Å². The average Bonchev–Trinajstić information content (AvgIpc) is 2.86. The van der Waals surface area contributed by atoms with Crippen LogP contribution in [0.4, 0.5) is 5.13 Å². The Morgan fingerprint density at radius 3 is 3.00 bits per heavy atom. The van der Waals surface area contributed by atoms with Crippen LogP contribution in [-0.2, 0) is 13.0 Å². The standard InChI is InChI=1S/C10H14N4S2/c1-3-4-9-13-10(16-14-9)11-5-8-7(2)12-6-15-8/h6H,3-5H2,1-2H3,(H,11,13,14). The number of thiazole rings is 1. The normalized spacial score (nSPS) is 10.6. The molecule has 16 heavy (non-hydrogen) atoms. The van der Waals surface area contributed by atoms with E-state index < -0.39 is 0 Å². The minimum atomic E-state index is 0.789. The van der Waals surface area contributed by atoms with Crippen LogP contribution in [0.1, 0.15) is 29.7 Å². The molecular formula is C10H14N4S2. The molecule has 0 saturated carbocycles. The molecular weight excluding hydrogens is 240 g/mol. The maximum absolute atomic E-state index is 4.41. The highest BCUT2D eigenvalue weighted by atomic mass is 32.1. The van der Waals surface area contributed by atoms with Crippen molar-refractivity contribution < 1.29 is 0 Å². The molecule has 0 aromatic carbocycles. The summed E-state index contributed by atoms with van der Waals surface area (Å²) in [6.45, 7) is 4.95. The number of hydrogen-bond acceptors (Lipinski definition) is 6. The molecule has 0 aliphatic rings. The molecule has 2 aromatic heterocycles. The van der Waals surface area contributed by atoms with Crippen molar-refractivity contribution in [1.82, 2.24) is 14.3 Å². The van der Waals surface area contributed by atoms with E-state index in [1.165, 1.54) is 16.4 Å². The monoisotopic (exact) mass is 254 g/mol. The highest BCUT2D eigenvalue weighted by molar-refractivity contribution is 7.10. The fourth-order valence-electron chi connectivity index (χ4n) is 1.30. The summed E-state index contributed by atoms with van der Waals surface area (Å²) in [7, 11) is 0. The van der Waals surface area contributed by atoms with Crippen molar-refractivity contribution in [3.8, 4) is 0 Å². The fourth-order valence-corrected chi connectivity index (χ4v) is 2.63. The van der Waals surface area contributed by atoms with Crippen LogP contribution in [0.2, 0.25) is 0 Å². The van der Waals surface area contributed by atoms with Crippen LogP contribution in [0.3, 0.4) is 0 Å². The van der Waals surface area contributed by atoms with Crippen molar-refractivity contribution in [2.45, 2.75) is 33.2 Å². The predicted molar refractivity (Wildman–Crippen MR) is 68.1 cm³/mol. The molecule has 0 unspecified atom stereocenters. The van der Waals surface area contributed by atoms with Gasteiger partial charge in [-0.15, -0.1) is 11.3 Å². The molecule has 2 rings (SSSR count). The molecule has 0 saturated heterocycles. The zero-order valence-electron chi connectivity index (χ0n) is 9.36. The molecule has 2 heterocycles. The van der Waals surface area contributed by atoms with E-state index in [-0.39, 0.29) is 0 Å². The van der Waals surface area contributed by atoms with Crippen LogP contribution in [0.5, 0.6) is 0 Å². The van der Waals surface area contributed by atoms with Crippen LogP contribution >= 0.6 is 22.9 Å². The number of nitrogens with zero attached hydrogens (tertiary/aromatic N) is 3. The van der Waals surface area contributed by atoms with Crippen molar-refractivity contribution in [2.24, 2.45) is 0 Å².